The number of ether oxygens (including phenoxy) is 3. The van der Waals surface area contributed by atoms with Gasteiger partial charge in [-0.25, -0.2) is 4.79 Å². The molecule has 2 aliphatic heterocycles. The molecule has 2 heterocycles. The minimum atomic E-state index is -0.315. The second-order valence-corrected chi connectivity index (χ2v) is 7.77. The Hall–Kier alpha value is -2.40. The molecule has 3 atom stereocenters. The topological polar surface area (TPSA) is 48.0 Å². The molecule has 2 aliphatic rings. The van der Waals surface area contributed by atoms with Crippen molar-refractivity contribution in [2.75, 3.05) is 19.1 Å². The van der Waals surface area contributed by atoms with Crippen LogP contribution in [0.25, 0.3) is 0 Å². The molecule has 2 aromatic rings. The van der Waals surface area contributed by atoms with Crippen LogP contribution in [0.5, 0.6) is 11.5 Å². The van der Waals surface area contributed by atoms with Gasteiger partial charge < -0.3 is 19.1 Å². The number of methoxy groups -OCH3 is 2. The van der Waals surface area contributed by atoms with E-state index in [1.165, 1.54) is 5.69 Å². The molecule has 0 aliphatic carbocycles. The lowest BCUT2D eigenvalue weighted by Crippen LogP contribution is -2.46. The highest BCUT2D eigenvalue weighted by Gasteiger charge is 2.42. The lowest BCUT2D eigenvalue weighted by atomic mass is 9.98. The lowest BCUT2D eigenvalue weighted by molar-refractivity contribution is 0.0204. The van der Waals surface area contributed by atoms with Gasteiger partial charge in [-0.1, -0.05) is 11.6 Å². The third-order valence-corrected chi connectivity index (χ3v) is 5.96. The Morgan fingerprint density at radius 2 is 1.61 bits per heavy atom. The summed E-state index contributed by atoms with van der Waals surface area (Å²) in [5, 5.41) is 0.745. The Morgan fingerprint density at radius 1 is 0.964 bits per heavy atom. The first-order chi connectivity index (χ1) is 13.6. The Kier molecular flexibility index (Phi) is 5.36. The molecule has 0 saturated carbocycles. The summed E-state index contributed by atoms with van der Waals surface area (Å²) in [4.78, 5) is 15.1. The van der Waals surface area contributed by atoms with Gasteiger partial charge in [0, 0.05) is 35.6 Å². The molecule has 2 fully saturated rings. The molecule has 0 aromatic heterocycles. The van der Waals surface area contributed by atoms with Gasteiger partial charge >= 0.3 is 5.97 Å². The second-order valence-electron chi connectivity index (χ2n) is 7.34. The number of fused-ring (bicyclic) bond motifs is 2. The number of nitrogens with zero attached hydrogens (tertiary/aromatic N) is 1. The predicted molar refractivity (Wildman–Crippen MR) is 109 cm³/mol. The fourth-order valence-corrected chi connectivity index (χ4v) is 4.57. The van der Waals surface area contributed by atoms with Crippen LogP contribution in [0.1, 0.15) is 36.0 Å². The zero-order valence-electron chi connectivity index (χ0n) is 16.1. The number of anilines is 1. The summed E-state index contributed by atoms with van der Waals surface area (Å²) in [7, 11) is 3.12. The smallest absolute Gasteiger partial charge is 0.338 e. The van der Waals surface area contributed by atoms with Gasteiger partial charge in [0.25, 0.3) is 0 Å². The quantitative estimate of drug-likeness (QED) is 0.679. The molecule has 0 radical (unpaired) electrons. The van der Waals surface area contributed by atoms with Crippen molar-refractivity contribution in [1.29, 1.82) is 0 Å². The van der Waals surface area contributed by atoms with Gasteiger partial charge in [0.15, 0.2) is 11.5 Å². The molecular weight excluding hydrogens is 378 g/mol. The monoisotopic (exact) mass is 401 g/mol. The fraction of sp³-hybridized carbons (Fsp3) is 0.409. The minimum absolute atomic E-state index is 0.0679. The number of piperidine rings is 1. The molecular formula is C22H24ClNO4. The maximum absolute atomic E-state index is 12.7. The minimum Gasteiger partial charge on any atom is -0.493 e. The van der Waals surface area contributed by atoms with E-state index in [-0.39, 0.29) is 12.1 Å². The van der Waals surface area contributed by atoms with Gasteiger partial charge in [0.1, 0.15) is 6.10 Å². The van der Waals surface area contributed by atoms with Crippen LogP contribution in [-0.4, -0.2) is 38.4 Å². The molecule has 2 bridgehead atoms. The van der Waals surface area contributed by atoms with Crippen molar-refractivity contribution in [2.45, 2.75) is 43.9 Å². The van der Waals surface area contributed by atoms with Crippen molar-refractivity contribution >= 4 is 23.3 Å². The third kappa shape index (κ3) is 3.63. The van der Waals surface area contributed by atoms with E-state index in [0.717, 1.165) is 30.7 Å². The summed E-state index contributed by atoms with van der Waals surface area (Å²) in [5.74, 6) is 0.799. The summed E-state index contributed by atoms with van der Waals surface area (Å²) in [6, 6.07) is 13.9. The molecule has 28 heavy (non-hydrogen) atoms. The number of hydrogen-bond donors (Lipinski definition) is 0. The first-order valence-corrected chi connectivity index (χ1v) is 9.93. The number of carbonyl (C=O) groups is 1. The van der Waals surface area contributed by atoms with E-state index >= 15 is 0 Å². The van der Waals surface area contributed by atoms with Crippen LogP contribution in [0, 0.1) is 0 Å². The van der Waals surface area contributed by atoms with Crippen LogP contribution < -0.4 is 14.4 Å². The first-order valence-electron chi connectivity index (χ1n) is 9.56. The van der Waals surface area contributed by atoms with Crippen LogP contribution >= 0.6 is 11.6 Å². The van der Waals surface area contributed by atoms with Gasteiger partial charge in [0.2, 0.25) is 0 Å². The predicted octanol–water partition coefficient (Wildman–Crippen LogP) is 4.71. The van der Waals surface area contributed by atoms with E-state index in [9.17, 15) is 4.79 Å². The van der Waals surface area contributed by atoms with Gasteiger partial charge in [-0.15, -0.1) is 0 Å². The summed E-state index contributed by atoms with van der Waals surface area (Å²) in [6.45, 7) is 0. The standard InChI is InChI=1S/C22H24ClNO4/c1-26-20-10-3-14(11-21(20)27-2)22(25)28-19-12-17-8-9-18(13-19)24(17)16-6-4-15(23)5-7-16/h3-7,10-11,17-19H,8-9,12-13H2,1-2H3/t17-,18?,19?/m1/s1. The molecule has 148 valence electrons. The Morgan fingerprint density at radius 3 is 2.21 bits per heavy atom. The van der Waals surface area contributed by atoms with Crippen LogP contribution in [-0.2, 0) is 4.74 Å². The molecule has 2 unspecified atom stereocenters. The highest BCUT2D eigenvalue weighted by molar-refractivity contribution is 6.30. The van der Waals surface area contributed by atoms with Crippen LogP contribution in [0.2, 0.25) is 5.02 Å². The molecule has 0 spiro atoms. The zero-order chi connectivity index (χ0) is 19.7. The molecule has 5 nitrogen and oxygen atoms in total. The van der Waals surface area contributed by atoms with Gasteiger partial charge in [-0.2, -0.15) is 0 Å². The molecule has 6 heteroatoms. The van der Waals surface area contributed by atoms with E-state index in [1.807, 2.05) is 12.1 Å². The van der Waals surface area contributed by atoms with Crippen LogP contribution in [0.3, 0.4) is 0 Å². The Bertz CT molecular complexity index is 840. The highest BCUT2D eigenvalue weighted by atomic mass is 35.5. The van der Waals surface area contributed by atoms with Crippen molar-refractivity contribution in [3.8, 4) is 11.5 Å². The van der Waals surface area contributed by atoms with Crippen LogP contribution in [0.15, 0.2) is 42.5 Å². The van der Waals surface area contributed by atoms with Gasteiger partial charge in [-0.3, -0.25) is 0 Å². The number of benzene rings is 2. The van der Waals surface area contributed by atoms with E-state index in [1.54, 1.807) is 32.4 Å². The SMILES string of the molecule is COc1ccc(C(=O)OC2CC3CC[C@H](C2)N3c2ccc(Cl)cc2)cc1OC. The maximum atomic E-state index is 12.7. The Balaban J connectivity index is 1.44. The highest BCUT2D eigenvalue weighted by Crippen LogP contribution is 2.40. The summed E-state index contributed by atoms with van der Waals surface area (Å²) >= 11 is 6.03. The normalized spacial score (nSPS) is 23.4. The molecule has 0 N–H and O–H groups in total. The first kappa shape index (κ1) is 18.9. The van der Waals surface area contributed by atoms with Gasteiger partial charge in [0.05, 0.1) is 19.8 Å². The average Bonchev–Trinajstić information content (AvgIpc) is 2.98. The van der Waals surface area contributed by atoms with Crippen molar-refractivity contribution in [2.24, 2.45) is 0 Å². The van der Waals surface area contributed by atoms with E-state index in [4.69, 9.17) is 25.8 Å². The largest absolute Gasteiger partial charge is 0.493 e. The van der Waals surface area contributed by atoms with Crippen molar-refractivity contribution in [1.82, 2.24) is 0 Å². The van der Waals surface area contributed by atoms with Crippen molar-refractivity contribution < 1.29 is 19.0 Å². The molecule has 2 aromatic carbocycles. The second kappa shape index (κ2) is 7.92. The third-order valence-electron chi connectivity index (χ3n) is 5.71. The van der Waals surface area contributed by atoms with Crippen molar-refractivity contribution in [3.05, 3.63) is 53.1 Å². The number of esters is 1. The zero-order valence-corrected chi connectivity index (χ0v) is 16.8. The number of carbonyl (C=O) groups excluding carboxylic acids is 1. The lowest BCUT2D eigenvalue weighted by Gasteiger charge is -2.40. The number of hydrogen-bond acceptors (Lipinski definition) is 5. The number of halogens is 1. The number of rotatable bonds is 5. The summed E-state index contributed by atoms with van der Waals surface area (Å²) in [5.41, 5.74) is 1.67. The molecule has 0 amide bonds. The van der Waals surface area contributed by atoms with E-state index < -0.39 is 0 Å². The van der Waals surface area contributed by atoms with E-state index in [2.05, 4.69) is 17.0 Å². The Labute approximate surface area is 170 Å². The fourth-order valence-electron chi connectivity index (χ4n) is 4.44. The summed E-state index contributed by atoms with van der Waals surface area (Å²) < 4.78 is 16.4. The van der Waals surface area contributed by atoms with Crippen LogP contribution in [0.4, 0.5) is 5.69 Å². The summed E-state index contributed by atoms with van der Waals surface area (Å²) in [6.07, 6.45) is 3.87. The van der Waals surface area contributed by atoms with Gasteiger partial charge in [-0.05, 0) is 55.3 Å². The average molecular weight is 402 g/mol. The molecule has 4 rings (SSSR count). The van der Waals surface area contributed by atoms with Crippen molar-refractivity contribution in [3.63, 3.8) is 0 Å². The maximum Gasteiger partial charge on any atom is 0.338 e. The van der Waals surface area contributed by atoms with E-state index in [0.29, 0.717) is 29.1 Å². The molecule has 2 saturated heterocycles.